The number of ether oxygens (including phenoxy) is 4. The SMILES string of the molecule is CCCCCCCCCCCCCCCCCCCCCCCCC(=O)O[C@H](COC(=O)CCCCCCCCCCCCCCCCCCCCC(C)C)COP(=O)(O)OC[C@@H](O)COP(=O)(O)OC[C@@H](COC(=O)CCCCCCCCC(C)C)OC(=O)CCCCCCCCCCCCCCCCCC. The number of aliphatic hydroxyl groups is 1. The van der Waals surface area contributed by atoms with Crippen LogP contribution in [0.3, 0.4) is 0 Å². The molecule has 0 bridgehead atoms. The number of hydrogen-bond donors (Lipinski definition) is 3. The first-order valence-corrected chi connectivity index (χ1v) is 49.0. The summed E-state index contributed by atoms with van der Waals surface area (Å²) in [5, 5.41) is 10.7. The fourth-order valence-corrected chi connectivity index (χ4v) is 15.5. The van der Waals surface area contributed by atoms with E-state index in [9.17, 15) is 43.2 Å². The summed E-state index contributed by atoms with van der Waals surface area (Å²) in [5.41, 5.74) is 0. The van der Waals surface area contributed by atoms with Crippen molar-refractivity contribution in [2.75, 3.05) is 39.6 Å². The van der Waals surface area contributed by atoms with E-state index in [1.54, 1.807) is 0 Å². The average molecular weight is 1580 g/mol. The van der Waals surface area contributed by atoms with E-state index >= 15 is 0 Å². The lowest BCUT2D eigenvalue weighted by Gasteiger charge is -2.21. The van der Waals surface area contributed by atoms with Gasteiger partial charge in [-0.1, -0.05) is 427 Å². The molecule has 0 saturated heterocycles. The maximum atomic E-state index is 13.2. The lowest BCUT2D eigenvalue weighted by molar-refractivity contribution is -0.161. The van der Waals surface area contributed by atoms with Crippen LogP contribution in [0.2, 0.25) is 0 Å². The zero-order valence-electron chi connectivity index (χ0n) is 71.2. The Hall–Kier alpha value is -1.94. The standard InChI is InChI=1S/C89H174O17P2/c1-7-9-11-13-15-17-19-21-23-25-26-27-28-29-34-38-42-46-50-54-62-68-73-88(93)105-84(77-99-86(91)71-65-59-52-48-44-40-37-33-31-30-32-35-39-43-47-51-57-63-69-81(3)4)79-103-107(95,96)101-75-83(90)76-102-108(97,98)104-80-85(78-100-87(92)72-66-60-56-55-58-64-70-82(5)6)106-89(94)74-67-61-53-49-45-41-36-24-22-20-18-16-14-12-10-8-2/h81-85,90H,7-80H2,1-6H3,(H,95,96)(H,97,98)/t83-,84-,85-/m1/s1. The van der Waals surface area contributed by atoms with Crippen molar-refractivity contribution in [3.05, 3.63) is 0 Å². The van der Waals surface area contributed by atoms with Crippen LogP contribution in [0.4, 0.5) is 0 Å². The lowest BCUT2D eigenvalue weighted by Crippen LogP contribution is -2.30. The van der Waals surface area contributed by atoms with E-state index < -0.39 is 97.5 Å². The summed E-state index contributed by atoms with van der Waals surface area (Å²) < 4.78 is 68.9. The van der Waals surface area contributed by atoms with Gasteiger partial charge in [-0.15, -0.1) is 0 Å². The quantitative estimate of drug-likeness (QED) is 0.0222. The molecule has 0 fully saturated rings. The normalized spacial score (nSPS) is 13.8. The summed E-state index contributed by atoms with van der Waals surface area (Å²) in [7, 11) is -9.93. The Kier molecular flexibility index (Phi) is 78.8. The largest absolute Gasteiger partial charge is 0.472 e. The molecule has 0 amide bonds. The van der Waals surface area contributed by atoms with Crippen molar-refractivity contribution >= 4 is 39.5 Å². The third kappa shape index (κ3) is 82.1. The predicted octanol–water partition coefficient (Wildman–Crippen LogP) is 27.4. The zero-order valence-corrected chi connectivity index (χ0v) is 73.0. The molecule has 0 aromatic rings. The summed E-state index contributed by atoms with van der Waals surface area (Å²) in [5.74, 6) is -0.599. The van der Waals surface area contributed by atoms with Gasteiger partial charge in [-0.25, -0.2) is 9.13 Å². The molecule has 0 aromatic heterocycles. The minimum Gasteiger partial charge on any atom is -0.462 e. The molecule has 17 nitrogen and oxygen atoms in total. The Morgan fingerprint density at radius 2 is 0.426 bits per heavy atom. The smallest absolute Gasteiger partial charge is 0.462 e. The van der Waals surface area contributed by atoms with Crippen LogP contribution in [0.1, 0.15) is 478 Å². The first-order chi connectivity index (χ1) is 52.4. The van der Waals surface area contributed by atoms with Gasteiger partial charge in [0.1, 0.15) is 19.3 Å². The fourth-order valence-electron chi connectivity index (χ4n) is 14.0. The molecule has 108 heavy (non-hydrogen) atoms. The summed E-state index contributed by atoms with van der Waals surface area (Å²) >= 11 is 0. The van der Waals surface area contributed by atoms with E-state index in [0.717, 1.165) is 102 Å². The number of hydrogen-bond acceptors (Lipinski definition) is 15. The van der Waals surface area contributed by atoms with E-state index in [0.29, 0.717) is 31.6 Å². The minimum absolute atomic E-state index is 0.108. The number of esters is 4. The Morgan fingerprint density at radius 1 is 0.250 bits per heavy atom. The molecule has 5 atom stereocenters. The molecule has 0 aliphatic heterocycles. The molecule has 0 aliphatic carbocycles. The van der Waals surface area contributed by atoms with Crippen molar-refractivity contribution in [1.82, 2.24) is 0 Å². The Morgan fingerprint density at radius 3 is 0.630 bits per heavy atom. The molecule has 0 aliphatic rings. The van der Waals surface area contributed by atoms with Crippen LogP contribution in [0.15, 0.2) is 0 Å². The van der Waals surface area contributed by atoms with Crippen LogP contribution in [0.25, 0.3) is 0 Å². The van der Waals surface area contributed by atoms with Crippen LogP contribution in [-0.2, 0) is 65.4 Å². The lowest BCUT2D eigenvalue weighted by atomic mass is 10.0. The monoisotopic (exact) mass is 1580 g/mol. The molecule has 0 heterocycles. The summed E-state index contributed by atoms with van der Waals surface area (Å²) in [6.07, 6.45) is 74.0. The van der Waals surface area contributed by atoms with E-state index in [1.165, 1.54) is 289 Å². The number of aliphatic hydroxyl groups excluding tert-OH is 1. The van der Waals surface area contributed by atoms with E-state index in [4.69, 9.17) is 37.0 Å². The number of phosphoric acid groups is 2. The third-order valence-electron chi connectivity index (χ3n) is 21.0. The van der Waals surface area contributed by atoms with Crippen molar-refractivity contribution in [3.63, 3.8) is 0 Å². The summed E-state index contributed by atoms with van der Waals surface area (Å²) in [6, 6.07) is 0. The van der Waals surface area contributed by atoms with Gasteiger partial charge in [0.25, 0.3) is 0 Å². The second-order valence-electron chi connectivity index (χ2n) is 32.9. The molecular weight excluding hydrogens is 1400 g/mol. The van der Waals surface area contributed by atoms with Crippen molar-refractivity contribution in [1.29, 1.82) is 0 Å². The zero-order chi connectivity index (χ0) is 79.2. The maximum Gasteiger partial charge on any atom is 0.472 e. The predicted molar refractivity (Wildman–Crippen MR) is 446 cm³/mol. The van der Waals surface area contributed by atoms with Crippen LogP contribution in [-0.4, -0.2) is 96.7 Å². The van der Waals surface area contributed by atoms with Gasteiger partial charge in [0, 0.05) is 25.7 Å². The molecular formula is C89H174O17P2. The molecule has 642 valence electrons. The number of carbonyl (C=O) groups is 4. The van der Waals surface area contributed by atoms with E-state index in [1.807, 2.05) is 0 Å². The van der Waals surface area contributed by atoms with Gasteiger partial charge < -0.3 is 33.8 Å². The second kappa shape index (κ2) is 80.3. The van der Waals surface area contributed by atoms with Gasteiger partial charge in [-0.3, -0.25) is 37.3 Å². The Balaban J connectivity index is 5.19. The molecule has 0 aromatic carbocycles. The highest BCUT2D eigenvalue weighted by molar-refractivity contribution is 7.47. The van der Waals surface area contributed by atoms with Gasteiger partial charge in [-0.05, 0) is 37.5 Å². The van der Waals surface area contributed by atoms with Crippen molar-refractivity contribution in [3.8, 4) is 0 Å². The minimum atomic E-state index is -4.97. The number of phosphoric ester groups is 2. The molecule has 0 spiro atoms. The summed E-state index contributed by atoms with van der Waals surface area (Å²) in [6.45, 7) is 9.64. The molecule has 0 saturated carbocycles. The van der Waals surface area contributed by atoms with Crippen LogP contribution in [0, 0.1) is 11.8 Å². The molecule has 0 rings (SSSR count). The Bertz CT molecular complexity index is 2060. The first kappa shape index (κ1) is 106. The van der Waals surface area contributed by atoms with E-state index in [2.05, 4.69) is 41.5 Å². The van der Waals surface area contributed by atoms with Gasteiger partial charge in [0.05, 0.1) is 26.4 Å². The molecule has 3 N–H and O–H groups in total. The number of carbonyl (C=O) groups excluding carboxylic acids is 4. The topological polar surface area (TPSA) is 237 Å². The molecule has 19 heteroatoms. The highest BCUT2D eigenvalue weighted by atomic mass is 31.2. The highest BCUT2D eigenvalue weighted by Crippen LogP contribution is 2.45. The first-order valence-electron chi connectivity index (χ1n) is 46.0. The van der Waals surface area contributed by atoms with Crippen LogP contribution >= 0.6 is 15.6 Å². The maximum absolute atomic E-state index is 13.2. The third-order valence-corrected chi connectivity index (χ3v) is 22.9. The second-order valence-corrected chi connectivity index (χ2v) is 35.8. The van der Waals surface area contributed by atoms with Gasteiger partial charge in [-0.2, -0.15) is 0 Å². The Labute approximate surface area is 664 Å². The number of rotatable bonds is 88. The van der Waals surface area contributed by atoms with Crippen molar-refractivity contribution < 1.29 is 80.2 Å². The van der Waals surface area contributed by atoms with Crippen LogP contribution in [0.5, 0.6) is 0 Å². The van der Waals surface area contributed by atoms with Crippen molar-refractivity contribution in [2.45, 2.75) is 496 Å². The fraction of sp³-hybridized carbons (Fsp3) is 0.955. The summed E-state index contributed by atoms with van der Waals surface area (Å²) in [4.78, 5) is 73.2. The molecule has 2 unspecified atom stereocenters. The highest BCUT2D eigenvalue weighted by Gasteiger charge is 2.31. The van der Waals surface area contributed by atoms with Gasteiger partial charge in [0.15, 0.2) is 12.2 Å². The van der Waals surface area contributed by atoms with Gasteiger partial charge in [0.2, 0.25) is 0 Å². The van der Waals surface area contributed by atoms with Gasteiger partial charge >= 0.3 is 39.5 Å². The van der Waals surface area contributed by atoms with Crippen LogP contribution < -0.4 is 0 Å². The number of unbranched alkanes of at least 4 members (excludes halogenated alkanes) is 58. The average Bonchev–Trinajstić information content (AvgIpc) is 0.901. The van der Waals surface area contributed by atoms with Crippen molar-refractivity contribution in [2.24, 2.45) is 11.8 Å². The molecule has 0 radical (unpaired) electrons. The van der Waals surface area contributed by atoms with E-state index in [-0.39, 0.29) is 25.7 Å².